The molecule has 1 aromatic heterocycles. The van der Waals surface area contributed by atoms with Gasteiger partial charge >= 0.3 is 5.82 Å². The Hall–Kier alpha value is -2.22. The van der Waals surface area contributed by atoms with Gasteiger partial charge in [0.1, 0.15) is 12.7 Å². The largest absolute Gasteiger partial charge is 0.381 e. The van der Waals surface area contributed by atoms with Crippen LogP contribution in [0.5, 0.6) is 0 Å². The molecule has 21 heavy (non-hydrogen) atoms. The summed E-state index contributed by atoms with van der Waals surface area (Å²) in [6, 6.07) is 5.57. The zero-order valence-corrected chi connectivity index (χ0v) is 13.0. The highest BCUT2D eigenvalue weighted by Gasteiger charge is 2.17. The van der Waals surface area contributed by atoms with Gasteiger partial charge in [0, 0.05) is 11.4 Å². The van der Waals surface area contributed by atoms with E-state index in [1.807, 2.05) is 19.1 Å². The minimum atomic E-state index is -0.585. The first-order valence-corrected chi connectivity index (χ1v) is 6.90. The van der Waals surface area contributed by atoms with Gasteiger partial charge in [0.15, 0.2) is 0 Å². The third-order valence-corrected chi connectivity index (χ3v) is 3.52. The number of imidazole rings is 1. The van der Waals surface area contributed by atoms with E-state index in [9.17, 15) is 14.9 Å². The smallest absolute Gasteiger partial charge is 0.358 e. The highest BCUT2D eigenvalue weighted by atomic mass is 79.9. The molecule has 1 amide bonds. The summed E-state index contributed by atoms with van der Waals surface area (Å²) >= 11 is 3.38. The number of benzene rings is 1. The van der Waals surface area contributed by atoms with Gasteiger partial charge in [-0.2, -0.15) is 0 Å². The topological polar surface area (TPSA) is 90.1 Å². The molecule has 0 aliphatic heterocycles. The molecule has 2 rings (SSSR count). The summed E-state index contributed by atoms with van der Waals surface area (Å²) in [7, 11) is 0. The highest BCUT2D eigenvalue weighted by Crippen LogP contribution is 2.23. The lowest BCUT2D eigenvalue weighted by Crippen LogP contribution is -2.19. The van der Waals surface area contributed by atoms with Crippen LogP contribution in [0.2, 0.25) is 0 Å². The molecule has 7 nitrogen and oxygen atoms in total. The summed E-state index contributed by atoms with van der Waals surface area (Å²) < 4.78 is 2.22. The molecule has 0 saturated carbocycles. The molecule has 0 spiro atoms. The van der Waals surface area contributed by atoms with Crippen molar-refractivity contribution in [3.05, 3.63) is 50.4 Å². The van der Waals surface area contributed by atoms with Crippen LogP contribution in [0, 0.1) is 24.0 Å². The van der Waals surface area contributed by atoms with Gasteiger partial charge in [-0.25, -0.2) is 0 Å². The van der Waals surface area contributed by atoms with E-state index in [0.717, 1.165) is 10.0 Å². The van der Waals surface area contributed by atoms with Gasteiger partial charge < -0.3 is 15.4 Å². The van der Waals surface area contributed by atoms with Gasteiger partial charge in [-0.1, -0.05) is 6.07 Å². The van der Waals surface area contributed by atoms with Crippen molar-refractivity contribution in [1.29, 1.82) is 0 Å². The number of carbonyl (C=O) groups is 1. The van der Waals surface area contributed by atoms with Crippen LogP contribution in [-0.2, 0) is 11.3 Å². The molecule has 0 saturated heterocycles. The Bertz CT molecular complexity index is 711. The van der Waals surface area contributed by atoms with Gasteiger partial charge in [-0.15, -0.1) is 0 Å². The standard InChI is InChI=1S/C13H13BrN4O3/c1-8-3-4-11(10(14)5-8)16-13(19)7-17-6-12(18(20)21)15-9(17)2/h3-6H,7H2,1-2H3,(H,16,19). The molecular formula is C13H13BrN4O3. The first kappa shape index (κ1) is 15.2. The molecule has 0 atom stereocenters. The third kappa shape index (κ3) is 3.66. The van der Waals surface area contributed by atoms with Crippen LogP contribution in [0.3, 0.4) is 0 Å². The molecule has 0 bridgehead atoms. The van der Waals surface area contributed by atoms with Crippen molar-refractivity contribution in [2.45, 2.75) is 20.4 Å². The van der Waals surface area contributed by atoms with Crippen LogP contribution in [-0.4, -0.2) is 20.4 Å². The lowest BCUT2D eigenvalue weighted by Gasteiger charge is -2.08. The van der Waals surface area contributed by atoms with E-state index in [1.165, 1.54) is 10.8 Å². The summed E-state index contributed by atoms with van der Waals surface area (Å²) in [5.74, 6) is -0.133. The van der Waals surface area contributed by atoms with Gasteiger partial charge in [-0.3, -0.25) is 9.36 Å². The Morgan fingerprint density at radius 2 is 2.19 bits per heavy atom. The second-order valence-corrected chi connectivity index (χ2v) is 5.42. The van der Waals surface area contributed by atoms with Gasteiger partial charge in [0.2, 0.25) is 11.7 Å². The van der Waals surface area contributed by atoms with Gasteiger partial charge in [0.05, 0.1) is 5.69 Å². The summed E-state index contributed by atoms with van der Waals surface area (Å²) in [6.45, 7) is 3.53. The first-order chi connectivity index (χ1) is 9.86. The predicted octanol–water partition coefficient (Wildman–Crippen LogP) is 2.81. The van der Waals surface area contributed by atoms with Crippen molar-refractivity contribution < 1.29 is 9.72 Å². The van der Waals surface area contributed by atoms with Crippen molar-refractivity contribution in [1.82, 2.24) is 9.55 Å². The minimum Gasteiger partial charge on any atom is -0.358 e. The van der Waals surface area contributed by atoms with Crippen LogP contribution in [0.4, 0.5) is 11.5 Å². The zero-order chi connectivity index (χ0) is 15.6. The maximum Gasteiger partial charge on any atom is 0.381 e. The van der Waals surface area contributed by atoms with Crippen molar-refractivity contribution in [2.75, 3.05) is 5.32 Å². The Kier molecular flexibility index (Phi) is 4.37. The molecule has 1 heterocycles. The van der Waals surface area contributed by atoms with Crippen LogP contribution in [0.15, 0.2) is 28.9 Å². The molecule has 1 aromatic carbocycles. The van der Waals surface area contributed by atoms with Crippen molar-refractivity contribution >= 4 is 33.3 Å². The molecule has 0 fully saturated rings. The first-order valence-electron chi connectivity index (χ1n) is 6.11. The summed E-state index contributed by atoms with van der Waals surface area (Å²) in [5, 5.41) is 13.4. The molecule has 0 radical (unpaired) electrons. The molecule has 0 aliphatic carbocycles. The van der Waals surface area contributed by atoms with Gasteiger partial charge in [0.25, 0.3) is 0 Å². The fourth-order valence-electron chi connectivity index (χ4n) is 1.81. The van der Waals surface area contributed by atoms with Crippen molar-refractivity contribution in [3.8, 4) is 0 Å². The van der Waals surface area contributed by atoms with Gasteiger partial charge in [-0.05, 0) is 50.5 Å². The molecule has 1 N–H and O–H groups in total. The lowest BCUT2D eigenvalue weighted by atomic mass is 10.2. The summed E-state index contributed by atoms with van der Waals surface area (Å²) in [6.07, 6.45) is 1.25. The van der Waals surface area contributed by atoms with E-state index in [-0.39, 0.29) is 18.3 Å². The molecule has 0 unspecified atom stereocenters. The number of nitrogens with zero attached hydrogens (tertiary/aromatic N) is 3. The molecule has 8 heteroatoms. The maximum atomic E-state index is 12.0. The number of anilines is 1. The van der Waals surface area contributed by atoms with Crippen LogP contribution < -0.4 is 5.32 Å². The second-order valence-electron chi connectivity index (χ2n) is 4.56. The van der Waals surface area contributed by atoms with E-state index < -0.39 is 4.92 Å². The van der Waals surface area contributed by atoms with Crippen LogP contribution >= 0.6 is 15.9 Å². The Labute approximate surface area is 129 Å². The Balaban J connectivity index is 2.10. The molecular weight excluding hydrogens is 340 g/mol. The number of rotatable bonds is 4. The Morgan fingerprint density at radius 1 is 1.48 bits per heavy atom. The molecule has 110 valence electrons. The Morgan fingerprint density at radius 3 is 2.76 bits per heavy atom. The van der Waals surface area contributed by atoms with Crippen LogP contribution in [0.1, 0.15) is 11.4 Å². The number of nitrogens with one attached hydrogen (secondary N) is 1. The second kappa shape index (κ2) is 6.04. The fourth-order valence-corrected chi connectivity index (χ4v) is 2.40. The van der Waals surface area contributed by atoms with Crippen molar-refractivity contribution in [3.63, 3.8) is 0 Å². The van der Waals surface area contributed by atoms with Crippen molar-refractivity contribution in [2.24, 2.45) is 0 Å². The summed E-state index contributed by atoms with van der Waals surface area (Å²) in [4.78, 5) is 25.8. The predicted molar refractivity (Wildman–Crippen MR) is 81.1 cm³/mol. The number of aromatic nitrogens is 2. The van der Waals surface area contributed by atoms with E-state index in [4.69, 9.17) is 0 Å². The number of nitro groups is 1. The zero-order valence-electron chi connectivity index (χ0n) is 11.5. The van der Waals surface area contributed by atoms with E-state index in [1.54, 1.807) is 13.0 Å². The normalized spacial score (nSPS) is 10.4. The van der Waals surface area contributed by atoms with E-state index in [0.29, 0.717) is 11.5 Å². The van der Waals surface area contributed by atoms with E-state index in [2.05, 4.69) is 26.2 Å². The fraction of sp³-hybridized carbons (Fsp3) is 0.231. The summed E-state index contributed by atoms with van der Waals surface area (Å²) in [5.41, 5.74) is 1.72. The minimum absolute atomic E-state index is 0.0347. The number of amides is 1. The monoisotopic (exact) mass is 352 g/mol. The quantitative estimate of drug-likeness (QED) is 0.676. The number of aryl methyl sites for hydroxylation is 2. The maximum absolute atomic E-state index is 12.0. The third-order valence-electron chi connectivity index (χ3n) is 2.86. The lowest BCUT2D eigenvalue weighted by molar-refractivity contribution is -0.389. The molecule has 0 aliphatic rings. The highest BCUT2D eigenvalue weighted by molar-refractivity contribution is 9.10. The average molecular weight is 353 g/mol. The average Bonchev–Trinajstić information content (AvgIpc) is 2.75. The number of hydrogen-bond donors (Lipinski definition) is 1. The SMILES string of the molecule is Cc1ccc(NC(=O)Cn2cc([N+](=O)[O-])nc2C)c(Br)c1. The van der Waals surface area contributed by atoms with Crippen LogP contribution in [0.25, 0.3) is 0 Å². The number of halogens is 1. The number of carbonyl (C=O) groups excluding carboxylic acids is 1. The number of hydrogen-bond acceptors (Lipinski definition) is 4. The van der Waals surface area contributed by atoms with E-state index >= 15 is 0 Å². The molecule has 2 aromatic rings.